The summed E-state index contributed by atoms with van der Waals surface area (Å²) in [7, 11) is 0. The molecule has 6 heteroatoms. The van der Waals surface area contributed by atoms with E-state index in [2.05, 4.69) is 4.90 Å². The van der Waals surface area contributed by atoms with Gasteiger partial charge < -0.3 is 10.0 Å². The maximum Gasteiger partial charge on any atom is 0.303 e. The Hall–Kier alpha value is -2.11. The molecule has 1 aliphatic heterocycles. The van der Waals surface area contributed by atoms with Gasteiger partial charge in [-0.15, -0.1) is 0 Å². The van der Waals surface area contributed by atoms with Gasteiger partial charge in [-0.1, -0.05) is 0 Å². The Bertz CT molecular complexity index is 536. The topological polar surface area (TPSA) is 83.7 Å². The minimum atomic E-state index is -0.733. The van der Waals surface area contributed by atoms with Crippen molar-refractivity contribution in [3.05, 3.63) is 33.9 Å². The second kappa shape index (κ2) is 6.56. The normalized spacial score (nSPS) is 16.0. The second-order valence-electron chi connectivity index (χ2n) is 5.59. The maximum atomic E-state index is 10.8. The fourth-order valence-corrected chi connectivity index (χ4v) is 2.85. The molecule has 1 saturated heterocycles. The number of carboxylic acid groups (broad SMARTS) is 1. The van der Waals surface area contributed by atoms with Crippen LogP contribution in [0.4, 0.5) is 11.4 Å². The van der Waals surface area contributed by atoms with Crippen LogP contribution in [0.1, 0.15) is 31.2 Å². The first kappa shape index (κ1) is 15.3. The number of hydrogen-bond donors (Lipinski definition) is 1. The molecule has 0 aliphatic carbocycles. The lowest BCUT2D eigenvalue weighted by atomic mass is 9.92. The highest BCUT2D eigenvalue weighted by Gasteiger charge is 2.21. The van der Waals surface area contributed by atoms with Gasteiger partial charge in [-0.05, 0) is 44.2 Å². The Morgan fingerprint density at radius 2 is 2.10 bits per heavy atom. The van der Waals surface area contributed by atoms with Crippen molar-refractivity contribution in [2.45, 2.75) is 32.6 Å². The first-order chi connectivity index (χ1) is 9.97. The fraction of sp³-hybridized carbons (Fsp3) is 0.533. The number of benzene rings is 1. The van der Waals surface area contributed by atoms with Crippen molar-refractivity contribution >= 4 is 17.3 Å². The SMILES string of the molecule is Cc1cc(N2CCC(CCC(=O)O)CC2)ccc1[N+](=O)[O-]. The molecule has 0 radical (unpaired) electrons. The van der Waals surface area contributed by atoms with Crippen LogP contribution < -0.4 is 4.90 Å². The quantitative estimate of drug-likeness (QED) is 0.666. The zero-order valence-corrected chi connectivity index (χ0v) is 12.1. The number of nitro benzene ring substituents is 1. The van der Waals surface area contributed by atoms with Crippen LogP contribution in [0.25, 0.3) is 0 Å². The molecular formula is C15H20N2O4. The monoisotopic (exact) mass is 292 g/mol. The minimum Gasteiger partial charge on any atom is -0.481 e. The van der Waals surface area contributed by atoms with E-state index >= 15 is 0 Å². The van der Waals surface area contributed by atoms with E-state index in [1.165, 1.54) is 0 Å². The first-order valence-electron chi connectivity index (χ1n) is 7.19. The van der Waals surface area contributed by atoms with Crippen LogP contribution in [0.15, 0.2) is 18.2 Å². The fourth-order valence-electron chi connectivity index (χ4n) is 2.85. The summed E-state index contributed by atoms with van der Waals surface area (Å²) < 4.78 is 0. The number of aliphatic carboxylic acids is 1. The molecule has 1 N–H and O–H groups in total. The Balaban J connectivity index is 1.94. The minimum absolute atomic E-state index is 0.148. The van der Waals surface area contributed by atoms with Crippen molar-refractivity contribution in [2.24, 2.45) is 5.92 Å². The molecular weight excluding hydrogens is 272 g/mol. The van der Waals surface area contributed by atoms with Crippen molar-refractivity contribution in [1.29, 1.82) is 0 Å². The third-order valence-corrected chi connectivity index (χ3v) is 4.12. The number of aryl methyl sites for hydroxylation is 1. The highest BCUT2D eigenvalue weighted by atomic mass is 16.6. The van der Waals surface area contributed by atoms with E-state index in [0.29, 0.717) is 11.5 Å². The Labute approximate surface area is 123 Å². The predicted molar refractivity (Wildman–Crippen MR) is 79.6 cm³/mol. The number of hydrogen-bond acceptors (Lipinski definition) is 4. The lowest BCUT2D eigenvalue weighted by molar-refractivity contribution is -0.385. The molecule has 21 heavy (non-hydrogen) atoms. The van der Waals surface area contributed by atoms with Crippen LogP contribution in [0.3, 0.4) is 0 Å². The van der Waals surface area contributed by atoms with Crippen LogP contribution in [0.2, 0.25) is 0 Å². The summed E-state index contributed by atoms with van der Waals surface area (Å²) in [5, 5.41) is 19.5. The highest BCUT2D eigenvalue weighted by molar-refractivity contribution is 5.66. The van der Waals surface area contributed by atoms with Crippen LogP contribution in [0, 0.1) is 23.0 Å². The molecule has 114 valence electrons. The molecule has 0 bridgehead atoms. The smallest absolute Gasteiger partial charge is 0.303 e. The van der Waals surface area contributed by atoms with E-state index in [9.17, 15) is 14.9 Å². The predicted octanol–water partition coefficient (Wildman–Crippen LogP) is 2.98. The number of nitrogens with zero attached hydrogens (tertiary/aromatic N) is 2. The lowest BCUT2D eigenvalue weighted by Crippen LogP contribution is -2.33. The third-order valence-electron chi connectivity index (χ3n) is 4.12. The van der Waals surface area contributed by atoms with E-state index < -0.39 is 5.97 Å². The molecule has 1 aliphatic rings. The van der Waals surface area contributed by atoms with E-state index in [-0.39, 0.29) is 17.0 Å². The second-order valence-corrected chi connectivity index (χ2v) is 5.59. The van der Waals surface area contributed by atoms with Crippen LogP contribution in [0.5, 0.6) is 0 Å². The van der Waals surface area contributed by atoms with Gasteiger partial charge in [0.15, 0.2) is 0 Å². The molecule has 1 heterocycles. The number of piperidine rings is 1. The number of nitro groups is 1. The summed E-state index contributed by atoms with van der Waals surface area (Å²) in [4.78, 5) is 23.3. The molecule has 6 nitrogen and oxygen atoms in total. The lowest BCUT2D eigenvalue weighted by Gasteiger charge is -2.33. The first-order valence-corrected chi connectivity index (χ1v) is 7.19. The molecule has 0 saturated carbocycles. The summed E-state index contributed by atoms with van der Waals surface area (Å²) in [6.45, 7) is 3.50. The molecule has 0 atom stereocenters. The summed E-state index contributed by atoms with van der Waals surface area (Å²) in [6, 6.07) is 5.21. The van der Waals surface area contributed by atoms with Crippen molar-refractivity contribution < 1.29 is 14.8 Å². The van der Waals surface area contributed by atoms with Gasteiger partial charge in [0.25, 0.3) is 5.69 Å². The van der Waals surface area contributed by atoms with E-state index in [1.54, 1.807) is 19.1 Å². The molecule has 0 amide bonds. The highest BCUT2D eigenvalue weighted by Crippen LogP contribution is 2.29. The zero-order valence-electron chi connectivity index (χ0n) is 12.1. The van der Waals surface area contributed by atoms with Crippen LogP contribution in [-0.4, -0.2) is 29.1 Å². The summed E-state index contributed by atoms with van der Waals surface area (Å²) in [5.41, 5.74) is 1.83. The molecule has 0 unspecified atom stereocenters. The van der Waals surface area contributed by atoms with Crippen molar-refractivity contribution in [1.82, 2.24) is 0 Å². The van der Waals surface area contributed by atoms with Gasteiger partial charge >= 0.3 is 5.97 Å². The van der Waals surface area contributed by atoms with E-state index in [4.69, 9.17) is 5.11 Å². The average Bonchev–Trinajstić information content (AvgIpc) is 2.45. The van der Waals surface area contributed by atoms with Crippen molar-refractivity contribution in [2.75, 3.05) is 18.0 Å². The van der Waals surface area contributed by atoms with Crippen LogP contribution >= 0.6 is 0 Å². The van der Waals surface area contributed by atoms with E-state index in [0.717, 1.165) is 38.0 Å². The van der Waals surface area contributed by atoms with Gasteiger partial charge in [-0.3, -0.25) is 14.9 Å². The number of carbonyl (C=O) groups is 1. The van der Waals surface area contributed by atoms with Crippen molar-refractivity contribution in [3.63, 3.8) is 0 Å². The van der Waals surface area contributed by atoms with Gasteiger partial charge in [-0.25, -0.2) is 0 Å². The van der Waals surface area contributed by atoms with Gasteiger partial charge in [0, 0.05) is 36.8 Å². The van der Waals surface area contributed by atoms with E-state index in [1.807, 2.05) is 6.07 Å². The van der Waals surface area contributed by atoms with Gasteiger partial charge in [0.2, 0.25) is 0 Å². The summed E-state index contributed by atoms with van der Waals surface area (Å²) in [6.07, 6.45) is 2.93. The van der Waals surface area contributed by atoms with Crippen LogP contribution in [-0.2, 0) is 4.79 Å². The summed E-state index contributed by atoms with van der Waals surface area (Å²) in [5.74, 6) is -0.264. The molecule has 0 aromatic heterocycles. The van der Waals surface area contributed by atoms with Gasteiger partial charge in [0.1, 0.15) is 0 Å². The molecule has 1 aromatic rings. The number of rotatable bonds is 5. The molecule has 0 spiro atoms. The largest absolute Gasteiger partial charge is 0.481 e. The summed E-state index contributed by atoms with van der Waals surface area (Å²) >= 11 is 0. The number of carboxylic acids is 1. The van der Waals surface area contributed by atoms with Gasteiger partial charge in [0.05, 0.1) is 4.92 Å². The van der Waals surface area contributed by atoms with Crippen molar-refractivity contribution in [3.8, 4) is 0 Å². The molecule has 1 aromatic carbocycles. The molecule has 1 fully saturated rings. The third kappa shape index (κ3) is 3.93. The number of anilines is 1. The Morgan fingerprint density at radius 1 is 1.43 bits per heavy atom. The average molecular weight is 292 g/mol. The zero-order chi connectivity index (χ0) is 15.4. The maximum absolute atomic E-state index is 10.8. The Morgan fingerprint density at radius 3 is 2.62 bits per heavy atom. The molecule has 2 rings (SSSR count). The van der Waals surface area contributed by atoms with Gasteiger partial charge in [-0.2, -0.15) is 0 Å². The Kier molecular flexibility index (Phi) is 4.77. The standard InChI is InChI=1S/C15H20N2O4/c1-11-10-13(3-4-14(11)17(20)21)16-8-6-12(7-9-16)2-5-15(18)19/h3-4,10,12H,2,5-9H2,1H3,(H,18,19).